The average Bonchev–Trinajstić information content (AvgIpc) is 2.54. The van der Waals surface area contributed by atoms with Gasteiger partial charge in [0.2, 0.25) is 10.0 Å². The van der Waals surface area contributed by atoms with Gasteiger partial charge < -0.3 is 10.6 Å². The molecule has 0 aliphatic heterocycles. The van der Waals surface area contributed by atoms with Crippen molar-refractivity contribution in [2.75, 3.05) is 11.9 Å². The van der Waals surface area contributed by atoms with Gasteiger partial charge in [-0.25, -0.2) is 13.1 Å². The van der Waals surface area contributed by atoms with Gasteiger partial charge in [-0.2, -0.15) is 0 Å². The van der Waals surface area contributed by atoms with E-state index in [2.05, 4.69) is 15.4 Å². The smallest absolute Gasteiger partial charge is 0.240 e. The number of benzene rings is 2. The minimum absolute atomic E-state index is 0.230. The second-order valence-electron chi connectivity index (χ2n) is 4.82. The van der Waals surface area contributed by atoms with Crippen LogP contribution in [0.15, 0.2) is 59.5 Å². The monoisotopic (exact) mass is 349 g/mol. The van der Waals surface area contributed by atoms with Gasteiger partial charge in [-0.1, -0.05) is 37.3 Å². The van der Waals surface area contributed by atoms with Crippen LogP contribution in [0.25, 0.3) is 0 Å². The van der Waals surface area contributed by atoms with E-state index in [1.54, 1.807) is 31.2 Å². The van der Waals surface area contributed by atoms with Crippen molar-refractivity contribution in [1.82, 2.24) is 10.0 Å². The molecule has 2 rings (SSSR count). The Bertz CT molecular complexity index is 745. The van der Waals surface area contributed by atoms with Crippen LogP contribution < -0.4 is 15.4 Å². The molecule has 0 saturated heterocycles. The summed E-state index contributed by atoms with van der Waals surface area (Å²) in [5.74, 6) is 0. The molecule has 0 unspecified atom stereocenters. The molecular formula is C16H19N3O2S2. The SMILES string of the molecule is CCNS(=O)(=O)c1ccc(NC(=S)NCc2ccccc2)cc1. The molecule has 0 amide bonds. The van der Waals surface area contributed by atoms with Crippen molar-refractivity contribution in [1.29, 1.82) is 0 Å². The average molecular weight is 349 g/mol. The van der Waals surface area contributed by atoms with Gasteiger partial charge in [0, 0.05) is 18.8 Å². The van der Waals surface area contributed by atoms with Crippen LogP contribution >= 0.6 is 12.2 Å². The van der Waals surface area contributed by atoms with Crippen LogP contribution in [0.2, 0.25) is 0 Å². The standard InChI is InChI=1S/C16H19N3O2S2/c1-2-18-23(20,21)15-10-8-14(9-11-15)19-16(22)17-12-13-6-4-3-5-7-13/h3-11,18H,2,12H2,1H3,(H2,17,19,22). The van der Waals surface area contributed by atoms with Gasteiger partial charge in [-0.05, 0) is 42.0 Å². The third kappa shape index (κ3) is 5.31. The zero-order valence-electron chi connectivity index (χ0n) is 12.7. The molecule has 5 nitrogen and oxygen atoms in total. The van der Waals surface area contributed by atoms with Gasteiger partial charge >= 0.3 is 0 Å². The lowest BCUT2D eigenvalue weighted by Gasteiger charge is -2.11. The zero-order chi connectivity index (χ0) is 16.7. The maximum atomic E-state index is 11.9. The second kappa shape index (κ2) is 8.05. The van der Waals surface area contributed by atoms with Crippen molar-refractivity contribution in [3.63, 3.8) is 0 Å². The van der Waals surface area contributed by atoms with Crippen molar-refractivity contribution < 1.29 is 8.42 Å². The summed E-state index contributed by atoms with van der Waals surface area (Å²) < 4.78 is 26.2. The number of anilines is 1. The molecule has 2 aromatic carbocycles. The Morgan fingerprint density at radius 2 is 1.70 bits per heavy atom. The number of sulfonamides is 1. The van der Waals surface area contributed by atoms with Crippen LogP contribution in [-0.2, 0) is 16.6 Å². The fourth-order valence-corrected chi connectivity index (χ4v) is 3.18. The molecular weight excluding hydrogens is 330 g/mol. The number of thiocarbonyl (C=S) groups is 1. The van der Waals surface area contributed by atoms with Crippen molar-refractivity contribution in [2.24, 2.45) is 0 Å². The van der Waals surface area contributed by atoms with E-state index < -0.39 is 10.0 Å². The Labute approximate surface area is 142 Å². The fourth-order valence-electron chi connectivity index (χ4n) is 1.94. The molecule has 0 aliphatic carbocycles. The predicted octanol–water partition coefficient (Wildman–Crippen LogP) is 2.47. The maximum Gasteiger partial charge on any atom is 0.240 e. The quantitative estimate of drug-likeness (QED) is 0.699. The first kappa shape index (κ1) is 17.4. The highest BCUT2D eigenvalue weighted by Crippen LogP contribution is 2.13. The summed E-state index contributed by atoms with van der Waals surface area (Å²) in [5, 5.41) is 6.61. The number of hydrogen-bond donors (Lipinski definition) is 3. The fraction of sp³-hybridized carbons (Fsp3) is 0.188. The Morgan fingerprint density at radius 1 is 1.04 bits per heavy atom. The van der Waals surface area contributed by atoms with Gasteiger partial charge in [-0.3, -0.25) is 0 Å². The number of nitrogens with one attached hydrogen (secondary N) is 3. The Morgan fingerprint density at radius 3 is 2.30 bits per heavy atom. The van der Waals surface area contributed by atoms with Gasteiger partial charge in [0.25, 0.3) is 0 Å². The van der Waals surface area contributed by atoms with Crippen LogP contribution in [0.5, 0.6) is 0 Å². The third-order valence-corrected chi connectivity index (χ3v) is 4.86. The van der Waals surface area contributed by atoms with Gasteiger partial charge in [0.1, 0.15) is 0 Å². The van der Waals surface area contributed by atoms with Gasteiger partial charge in [-0.15, -0.1) is 0 Å². The first-order valence-corrected chi connectivity index (χ1v) is 9.09. The molecule has 0 atom stereocenters. The lowest BCUT2D eigenvalue weighted by molar-refractivity contribution is 0.584. The first-order valence-electron chi connectivity index (χ1n) is 7.20. The Hall–Kier alpha value is -1.96. The van der Waals surface area contributed by atoms with Crippen molar-refractivity contribution in [3.8, 4) is 0 Å². The van der Waals surface area contributed by atoms with E-state index in [4.69, 9.17) is 12.2 Å². The highest BCUT2D eigenvalue weighted by Gasteiger charge is 2.11. The predicted molar refractivity (Wildman–Crippen MR) is 96.8 cm³/mol. The molecule has 0 aromatic heterocycles. The van der Waals surface area contributed by atoms with E-state index in [1.807, 2.05) is 30.3 Å². The first-order chi connectivity index (χ1) is 11.0. The number of hydrogen-bond acceptors (Lipinski definition) is 3. The largest absolute Gasteiger partial charge is 0.358 e. The third-order valence-electron chi connectivity index (χ3n) is 3.05. The topological polar surface area (TPSA) is 70.2 Å². The van der Waals surface area contributed by atoms with Crippen LogP contribution in [0, 0.1) is 0 Å². The van der Waals surface area contributed by atoms with Crippen molar-refractivity contribution in [3.05, 3.63) is 60.2 Å². The van der Waals surface area contributed by atoms with Crippen molar-refractivity contribution in [2.45, 2.75) is 18.4 Å². The zero-order valence-corrected chi connectivity index (χ0v) is 14.4. The molecule has 2 aromatic rings. The molecule has 122 valence electrons. The summed E-state index contributed by atoms with van der Waals surface area (Å²) in [6.45, 7) is 2.72. The molecule has 0 aliphatic rings. The lowest BCUT2D eigenvalue weighted by atomic mass is 10.2. The molecule has 0 heterocycles. The summed E-state index contributed by atoms with van der Waals surface area (Å²) >= 11 is 5.23. The molecule has 0 radical (unpaired) electrons. The summed E-state index contributed by atoms with van der Waals surface area (Å²) in [6.07, 6.45) is 0. The normalized spacial score (nSPS) is 11.0. The van der Waals surface area contributed by atoms with Crippen LogP contribution in [0.3, 0.4) is 0 Å². The molecule has 3 N–H and O–H groups in total. The van der Waals surface area contributed by atoms with Crippen LogP contribution in [0.1, 0.15) is 12.5 Å². The van der Waals surface area contributed by atoms with Crippen LogP contribution in [0.4, 0.5) is 5.69 Å². The minimum atomic E-state index is -3.43. The van der Waals surface area contributed by atoms with E-state index in [-0.39, 0.29) is 4.90 Å². The van der Waals surface area contributed by atoms with E-state index >= 15 is 0 Å². The minimum Gasteiger partial charge on any atom is -0.358 e. The lowest BCUT2D eigenvalue weighted by Crippen LogP contribution is -2.28. The maximum absolute atomic E-state index is 11.9. The summed E-state index contributed by atoms with van der Waals surface area (Å²) in [7, 11) is -3.43. The molecule has 0 saturated carbocycles. The molecule has 0 spiro atoms. The number of rotatable bonds is 6. The second-order valence-corrected chi connectivity index (χ2v) is 6.99. The van der Waals surface area contributed by atoms with Gasteiger partial charge in [0.15, 0.2) is 5.11 Å². The molecule has 0 bridgehead atoms. The highest BCUT2D eigenvalue weighted by molar-refractivity contribution is 7.89. The van der Waals surface area contributed by atoms with E-state index in [0.29, 0.717) is 18.2 Å². The Balaban J connectivity index is 1.92. The highest BCUT2D eigenvalue weighted by atomic mass is 32.2. The van der Waals surface area contributed by atoms with E-state index in [9.17, 15) is 8.42 Å². The van der Waals surface area contributed by atoms with Crippen LogP contribution in [-0.4, -0.2) is 20.1 Å². The van der Waals surface area contributed by atoms with Crippen molar-refractivity contribution >= 4 is 33.0 Å². The molecule has 7 heteroatoms. The van der Waals surface area contributed by atoms with E-state index in [0.717, 1.165) is 11.3 Å². The summed E-state index contributed by atoms with van der Waals surface area (Å²) in [4.78, 5) is 0.230. The Kier molecular flexibility index (Phi) is 6.09. The summed E-state index contributed by atoms with van der Waals surface area (Å²) in [5.41, 5.74) is 1.86. The van der Waals surface area contributed by atoms with E-state index in [1.165, 1.54) is 0 Å². The summed E-state index contributed by atoms with van der Waals surface area (Å²) in [6, 6.07) is 16.4. The van der Waals surface area contributed by atoms with Gasteiger partial charge in [0.05, 0.1) is 4.90 Å². The molecule has 23 heavy (non-hydrogen) atoms. The molecule has 0 fully saturated rings.